The molecule has 2 rings (SSSR count). The summed E-state index contributed by atoms with van der Waals surface area (Å²) >= 11 is 0. The van der Waals surface area contributed by atoms with E-state index in [0.29, 0.717) is 12.1 Å². The molecule has 2 atom stereocenters. The lowest BCUT2D eigenvalue weighted by molar-refractivity contribution is -0.141. The Morgan fingerprint density at radius 2 is 2.00 bits per heavy atom. The van der Waals surface area contributed by atoms with Gasteiger partial charge in [-0.1, -0.05) is 13.8 Å². The molecule has 0 aromatic heterocycles. The molecule has 0 aromatic rings. The van der Waals surface area contributed by atoms with Gasteiger partial charge in [-0.2, -0.15) is 0 Å². The number of rotatable bonds is 1. The molecular formula is C15H23NO4. The number of hydrogen-bond donors (Lipinski definition) is 0. The van der Waals surface area contributed by atoms with Gasteiger partial charge in [0.2, 0.25) is 0 Å². The second-order valence-corrected chi connectivity index (χ2v) is 6.82. The second kappa shape index (κ2) is 4.79. The Morgan fingerprint density at radius 3 is 2.50 bits per heavy atom. The molecule has 20 heavy (non-hydrogen) atoms. The Morgan fingerprint density at radius 1 is 1.40 bits per heavy atom. The average Bonchev–Trinajstić information content (AvgIpc) is 2.75. The number of hydrogen-bond acceptors (Lipinski definition) is 4. The fourth-order valence-corrected chi connectivity index (χ4v) is 2.77. The number of carbonyl (C=O) groups excluding carboxylic acids is 2. The van der Waals surface area contributed by atoms with Gasteiger partial charge in [0.05, 0.1) is 6.04 Å². The first-order valence-electron chi connectivity index (χ1n) is 7.02. The van der Waals surface area contributed by atoms with Gasteiger partial charge in [0.1, 0.15) is 11.7 Å². The number of carbonyl (C=O) groups is 2. The fraction of sp³-hybridized carbons (Fsp3) is 0.733. The molecule has 2 aliphatic rings. The van der Waals surface area contributed by atoms with E-state index in [-0.39, 0.29) is 30.1 Å². The number of esters is 1. The lowest BCUT2D eigenvalue weighted by Crippen LogP contribution is -2.46. The largest absolute Gasteiger partial charge is 0.452 e. The highest BCUT2D eigenvalue weighted by atomic mass is 16.6. The molecule has 0 bridgehead atoms. The van der Waals surface area contributed by atoms with E-state index in [1.165, 1.54) is 0 Å². The third-order valence-corrected chi connectivity index (χ3v) is 3.69. The van der Waals surface area contributed by atoms with Gasteiger partial charge < -0.3 is 9.47 Å². The zero-order valence-electron chi connectivity index (χ0n) is 13.0. The Balaban J connectivity index is 2.26. The van der Waals surface area contributed by atoms with Crippen LogP contribution in [0.25, 0.3) is 0 Å². The van der Waals surface area contributed by atoms with E-state index >= 15 is 0 Å². The summed E-state index contributed by atoms with van der Waals surface area (Å²) in [6.07, 6.45) is -0.656. The highest BCUT2D eigenvalue weighted by Crippen LogP contribution is 2.37. The van der Waals surface area contributed by atoms with Crippen molar-refractivity contribution in [3.05, 3.63) is 11.1 Å². The van der Waals surface area contributed by atoms with Crippen LogP contribution in [0.15, 0.2) is 11.1 Å². The molecule has 112 valence electrons. The van der Waals surface area contributed by atoms with Crippen LogP contribution in [0.1, 0.15) is 41.5 Å². The highest BCUT2D eigenvalue weighted by molar-refractivity contribution is 5.92. The molecule has 1 saturated heterocycles. The standard InChI is InChI=1S/C15H23NO4/c1-8(2)11-12-10(9(3)13(17)19-12)7-16(11)14(18)20-15(4,5)6/h8,11-12H,7H2,1-6H3/t11-,12-/m0/s1. The monoisotopic (exact) mass is 281 g/mol. The predicted octanol–water partition coefficient (Wildman–Crippen LogP) is 2.50. The maximum absolute atomic E-state index is 12.3. The number of likely N-dealkylation sites (tertiary alicyclic amines) is 1. The van der Waals surface area contributed by atoms with Crippen LogP contribution in [0, 0.1) is 5.92 Å². The molecule has 0 spiro atoms. The van der Waals surface area contributed by atoms with Gasteiger partial charge in [-0.25, -0.2) is 9.59 Å². The lowest BCUT2D eigenvalue weighted by Gasteiger charge is -2.31. The molecule has 5 nitrogen and oxygen atoms in total. The van der Waals surface area contributed by atoms with Gasteiger partial charge >= 0.3 is 12.1 Å². The van der Waals surface area contributed by atoms with Gasteiger partial charge in [0, 0.05) is 17.7 Å². The molecule has 0 radical (unpaired) electrons. The number of fused-ring (bicyclic) bond motifs is 1. The normalized spacial score (nSPS) is 26.1. The van der Waals surface area contributed by atoms with E-state index < -0.39 is 5.60 Å². The molecular weight excluding hydrogens is 258 g/mol. The Kier molecular flexibility index (Phi) is 3.56. The molecule has 0 saturated carbocycles. The molecule has 1 amide bonds. The molecule has 0 aliphatic carbocycles. The summed E-state index contributed by atoms with van der Waals surface area (Å²) in [5, 5.41) is 0. The molecule has 0 aromatic carbocycles. The van der Waals surface area contributed by atoms with Crippen LogP contribution < -0.4 is 0 Å². The smallest absolute Gasteiger partial charge is 0.410 e. The molecule has 2 heterocycles. The van der Waals surface area contributed by atoms with Crippen molar-refractivity contribution in [2.45, 2.75) is 59.3 Å². The second-order valence-electron chi connectivity index (χ2n) is 6.82. The predicted molar refractivity (Wildman–Crippen MR) is 74.1 cm³/mol. The first-order valence-corrected chi connectivity index (χ1v) is 7.02. The van der Waals surface area contributed by atoms with Crippen LogP contribution >= 0.6 is 0 Å². The van der Waals surface area contributed by atoms with E-state index in [4.69, 9.17) is 9.47 Å². The minimum atomic E-state index is -0.531. The summed E-state index contributed by atoms with van der Waals surface area (Å²) in [6.45, 7) is 11.7. The summed E-state index contributed by atoms with van der Waals surface area (Å²) in [6, 6.07) is -0.152. The SMILES string of the molecule is CC1=C2CN(C(=O)OC(C)(C)C)[C@@H](C(C)C)[C@H]2OC1=O. The number of ether oxygens (including phenoxy) is 2. The molecule has 2 aliphatic heterocycles. The van der Waals surface area contributed by atoms with E-state index in [1.807, 2.05) is 34.6 Å². The topological polar surface area (TPSA) is 55.8 Å². The minimum Gasteiger partial charge on any atom is -0.452 e. The summed E-state index contributed by atoms with van der Waals surface area (Å²) < 4.78 is 10.9. The van der Waals surface area contributed by atoms with Crippen molar-refractivity contribution in [1.82, 2.24) is 4.90 Å². The van der Waals surface area contributed by atoms with Crippen LogP contribution in [0.5, 0.6) is 0 Å². The van der Waals surface area contributed by atoms with Crippen molar-refractivity contribution in [2.24, 2.45) is 5.92 Å². The van der Waals surface area contributed by atoms with Crippen LogP contribution in [0.2, 0.25) is 0 Å². The van der Waals surface area contributed by atoms with Crippen LogP contribution in [-0.2, 0) is 14.3 Å². The highest BCUT2D eigenvalue weighted by Gasteiger charge is 2.50. The first-order chi connectivity index (χ1) is 9.11. The van der Waals surface area contributed by atoms with Crippen molar-refractivity contribution in [2.75, 3.05) is 6.54 Å². The third-order valence-electron chi connectivity index (χ3n) is 3.69. The van der Waals surface area contributed by atoms with Gasteiger partial charge in [-0.15, -0.1) is 0 Å². The van der Waals surface area contributed by atoms with Gasteiger partial charge in [0.25, 0.3) is 0 Å². The fourth-order valence-electron chi connectivity index (χ4n) is 2.77. The van der Waals surface area contributed by atoms with E-state index in [1.54, 1.807) is 11.8 Å². The maximum atomic E-state index is 12.3. The quantitative estimate of drug-likeness (QED) is 0.693. The number of nitrogens with zero attached hydrogens (tertiary/aromatic N) is 1. The molecule has 5 heteroatoms. The summed E-state index contributed by atoms with van der Waals surface area (Å²) in [5.41, 5.74) is 1.02. The van der Waals surface area contributed by atoms with Gasteiger partial charge in [0.15, 0.2) is 0 Å². The maximum Gasteiger partial charge on any atom is 0.410 e. The first kappa shape index (κ1) is 14.9. The Bertz CT molecular complexity index is 473. The minimum absolute atomic E-state index is 0.152. The van der Waals surface area contributed by atoms with Gasteiger partial charge in [-0.05, 0) is 33.6 Å². The van der Waals surface area contributed by atoms with Crippen molar-refractivity contribution >= 4 is 12.1 Å². The summed E-state index contributed by atoms with van der Waals surface area (Å²) in [5.74, 6) is -0.0804. The van der Waals surface area contributed by atoms with Crippen molar-refractivity contribution < 1.29 is 19.1 Å². The molecule has 0 unspecified atom stereocenters. The summed E-state index contributed by atoms with van der Waals surface area (Å²) in [7, 11) is 0. The van der Waals surface area contributed by atoms with Crippen LogP contribution in [-0.4, -0.2) is 41.3 Å². The van der Waals surface area contributed by atoms with E-state index in [0.717, 1.165) is 5.57 Å². The van der Waals surface area contributed by atoms with Crippen LogP contribution in [0.3, 0.4) is 0 Å². The van der Waals surface area contributed by atoms with E-state index in [2.05, 4.69) is 0 Å². The molecule has 1 fully saturated rings. The average molecular weight is 281 g/mol. The lowest BCUT2D eigenvalue weighted by atomic mass is 9.97. The Labute approximate surface area is 119 Å². The van der Waals surface area contributed by atoms with Crippen LogP contribution in [0.4, 0.5) is 4.79 Å². The number of amides is 1. The van der Waals surface area contributed by atoms with Gasteiger partial charge in [-0.3, -0.25) is 4.90 Å². The summed E-state index contributed by atoms with van der Waals surface area (Å²) in [4.78, 5) is 25.7. The van der Waals surface area contributed by atoms with E-state index in [9.17, 15) is 9.59 Å². The zero-order valence-corrected chi connectivity index (χ0v) is 13.0. The van der Waals surface area contributed by atoms with Crippen molar-refractivity contribution in [1.29, 1.82) is 0 Å². The zero-order chi connectivity index (χ0) is 15.2. The third kappa shape index (κ3) is 2.53. The Hall–Kier alpha value is -1.52. The van der Waals surface area contributed by atoms with Crippen molar-refractivity contribution in [3.63, 3.8) is 0 Å². The molecule has 0 N–H and O–H groups in total. The van der Waals surface area contributed by atoms with Crippen molar-refractivity contribution in [3.8, 4) is 0 Å².